The molecule has 0 saturated heterocycles. The third-order valence-corrected chi connectivity index (χ3v) is 2.90. The topological polar surface area (TPSA) is 29.9 Å². The molecule has 2 atom stereocenters. The van der Waals surface area contributed by atoms with Crippen molar-refractivity contribution in [2.75, 3.05) is 13.1 Å². The quantitative estimate of drug-likeness (QED) is 0.776. The van der Waals surface area contributed by atoms with E-state index in [0.29, 0.717) is 11.8 Å². The van der Waals surface area contributed by atoms with Gasteiger partial charge in [0.1, 0.15) is 0 Å². The molecule has 0 aliphatic rings. The maximum atomic E-state index is 4.20. The molecule has 3 nitrogen and oxygen atoms in total. The summed E-state index contributed by atoms with van der Waals surface area (Å²) in [5.41, 5.74) is 1.32. The molecule has 0 amide bonds. The van der Waals surface area contributed by atoms with Crippen molar-refractivity contribution in [3.63, 3.8) is 0 Å². The van der Waals surface area contributed by atoms with Crippen LogP contribution in [0.25, 0.3) is 0 Å². The number of nitrogens with zero attached hydrogens (tertiary/aromatic N) is 2. The van der Waals surface area contributed by atoms with E-state index in [1.54, 1.807) is 0 Å². The summed E-state index contributed by atoms with van der Waals surface area (Å²) in [5, 5.41) is 7.58. The summed E-state index contributed by atoms with van der Waals surface area (Å²) < 4.78 is 1.97. The summed E-state index contributed by atoms with van der Waals surface area (Å²) in [4.78, 5) is 0. The predicted molar refractivity (Wildman–Crippen MR) is 59.3 cm³/mol. The van der Waals surface area contributed by atoms with Gasteiger partial charge >= 0.3 is 0 Å². The van der Waals surface area contributed by atoms with E-state index in [-0.39, 0.29) is 0 Å². The summed E-state index contributed by atoms with van der Waals surface area (Å²) >= 11 is 0. The average molecular weight is 195 g/mol. The number of hydrogen-bond acceptors (Lipinski definition) is 2. The lowest BCUT2D eigenvalue weighted by Gasteiger charge is -2.20. The second kappa shape index (κ2) is 5.15. The number of nitrogens with one attached hydrogen (secondary N) is 1. The van der Waals surface area contributed by atoms with Gasteiger partial charge < -0.3 is 5.32 Å². The Morgan fingerprint density at radius 2 is 2.21 bits per heavy atom. The Kier molecular flexibility index (Phi) is 4.14. The minimum atomic E-state index is 0.557. The molecular weight excluding hydrogens is 174 g/mol. The number of aryl methyl sites for hydroxylation is 1. The standard InChI is InChI=1S/C11H21N3/c1-5-12-8-9(2)10(3)11-6-7-13-14(11)4/h6-7,9-10,12H,5,8H2,1-4H3. The molecule has 1 aromatic rings. The van der Waals surface area contributed by atoms with Crippen molar-refractivity contribution in [3.8, 4) is 0 Å². The van der Waals surface area contributed by atoms with Crippen LogP contribution in [0, 0.1) is 5.92 Å². The molecule has 1 N–H and O–H groups in total. The highest BCUT2D eigenvalue weighted by Gasteiger charge is 2.16. The van der Waals surface area contributed by atoms with Gasteiger partial charge in [0.05, 0.1) is 0 Å². The molecular formula is C11H21N3. The monoisotopic (exact) mass is 195 g/mol. The Morgan fingerprint density at radius 3 is 2.71 bits per heavy atom. The zero-order valence-electron chi connectivity index (χ0n) is 9.62. The molecule has 1 heterocycles. The lowest BCUT2D eigenvalue weighted by atomic mass is 9.93. The van der Waals surface area contributed by atoms with Crippen LogP contribution < -0.4 is 5.32 Å². The Morgan fingerprint density at radius 1 is 1.50 bits per heavy atom. The molecule has 0 aliphatic heterocycles. The second-order valence-corrected chi connectivity index (χ2v) is 3.95. The van der Waals surface area contributed by atoms with E-state index in [1.165, 1.54) is 5.69 Å². The van der Waals surface area contributed by atoms with Crippen molar-refractivity contribution in [1.82, 2.24) is 15.1 Å². The molecule has 0 aliphatic carbocycles. The van der Waals surface area contributed by atoms with Gasteiger partial charge in [-0.15, -0.1) is 0 Å². The molecule has 3 heteroatoms. The van der Waals surface area contributed by atoms with Crippen molar-refractivity contribution in [2.45, 2.75) is 26.7 Å². The van der Waals surface area contributed by atoms with Crippen LogP contribution in [0.5, 0.6) is 0 Å². The number of hydrogen-bond donors (Lipinski definition) is 1. The zero-order valence-corrected chi connectivity index (χ0v) is 9.62. The maximum absolute atomic E-state index is 4.20. The van der Waals surface area contributed by atoms with Gasteiger partial charge in [0.2, 0.25) is 0 Å². The molecule has 0 fully saturated rings. The maximum Gasteiger partial charge on any atom is 0.0492 e. The van der Waals surface area contributed by atoms with Gasteiger partial charge in [-0.05, 0) is 25.1 Å². The zero-order chi connectivity index (χ0) is 10.6. The minimum Gasteiger partial charge on any atom is -0.317 e. The fraction of sp³-hybridized carbons (Fsp3) is 0.727. The van der Waals surface area contributed by atoms with E-state index >= 15 is 0 Å². The average Bonchev–Trinajstić information content (AvgIpc) is 2.59. The van der Waals surface area contributed by atoms with Gasteiger partial charge in [0.25, 0.3) is 0 Å². The van der Waals surface area contributed by atoms with Gasteiger partial charge in [-0.1, -0.05) is 20.8 Å². The van der Waals surface area contributed by atoms with Crippen molar-refractivity contribution < 1.29 is 0 Å². The molecule has 14 heavy (non-hydrogen) atoms. The summed E-state index contributed by atoms with van der Waals surface area (Å²) in [6, 6.07) is 2.10. The van der Waals surface area contributed by atoms with Crippen LogP contribution in [0.1, 0.15) is 32.4 Å². The van der Waals surface area contributed by atoms with Crippen LogP contribution >= 0.6 is 0 Å². The minimum absolute atomic E-state index is 0.557. The molecule has 1 aromatic heterocycles. The highest BCUT2D eigenvalue weighted by Crippen LogP contribution is 2.22. The largest absolute Gasteiger partial charge is 0.317 e. The van der Waals surface area contributed by atoms with E-state index in [1.807, 2.05) is 17.9 Å². The summed E-state index contributed by atoms with van der Waals surface area (Å²) in [5.74, 6) is 1.20. The van der Waals surface area contributed by atoms with Crippen molar-refractivity contribution in [2.24, 2.45) is 13.0 Å². The first-order valence-corrected chi connectivity index (χ1v) is 5.35. The van der Waals surface area contributed by atoms with Gasteiger partial charge in [0, 0.05) is 24.9 Å². The Bertz CT molecular complexity index is 267. The molecule has 2 unspecified atom stereocenters. The third kappa shape index (κ3) is 2.58. The first-order valence-electron chi connectivity index (χ1n) is 5.35. The molecule has 1 rings (SSSR count). The summed E-state index contributed by atoms with van der Waals surface area (Å²) in [7, 11) is 2.01. The van der Waals surface area contributed by atoms with Crippen molar-refractivity contribution in [1.29, 1.82) is 0 Å². The van der Waals surface area contributed by atoms with Crippen molar-refractivity contribution in [3.05, 3.63) is 18.0 Å². The third-order valence-electron chi connectivity index (χ3n) is 2.90. The second-order valence-electron chi connectivity index (χ2n) is 3.95. The summed E-state index contributed by atoms with van der Waals surface area (Å²) in [6.45, 7) is 8.80. The smallest absolute Gasteiger partial charge is 0.0492 e. The van der Waals surface area contributed by atoms with Gasteiger partial charge in [-0.25, -0.2) is 0 Å². The Balaban J connectivity index is 2.56. The van der Waals surface area contributed by atoms with E-state index in [0.717, 1.165) is 13.1 Å². The van der Waals surface area contributed by atoms with E-state index in [9.17, 15) is 0 Å². The SMILES string of the molecule is CCNCC(C)C(C)c1ccnn1C. The highest BCUT2D eigenvalue weighted by molar-refractivity contribution is 5.07. The predicted octanol–water partition coefficient (Wildman–Crippen LogP) is 1.77. The van der Waals surface area contributed by atoms with Crippen LogP contribution in [0.15, 0.2) is 12.3 Å². The first-order chi connectivity index (χ1) is 6.66. The van der Waals surface area contributed by atoms with Crippen LogP contribution in [-0.2, 0) is 7.05 Å². The van der Waals surface area contributed by atoms with E-state index < -0.39 is 0 Å². The molecule has 80 valence electrons. The van der Waals surface area contributed by atoms with Crippen LogP contribution in [0.2, 0.25) is 0 Å². The molecule has 0 aromatic carbocycles. The Labute approximate surface area is 86.5 Å². The van der Waals surface area contributed by atoms with E-state index in [4.69, 9.17) is 0 Å². The fourth-order valence-corrected chi connectivity index (χ4v) is 1.67. The first kappa shape index (κ1) is 11.2. The lowest BCUT2D eigenvalue weighted by Crippen LogP contribution is -2.24. The molecule has 0 bridgehead atoms. The van der Waals surface area contributed by atoms with Gasteiger partial charge in [0.15, 0.2) is 0 Å². The summed E-state index contributed by atoms with van der Waals surface area (Å²) in [6.07, 6.45) is 1.87. The van der Waals surface area contributed by atoms with Gasteiger partial charge in [-0.3, -0.25) is 4.68 Å². The Hall–Kier alpha value is -0.830. The van der Waals surface area contributed by atoms with Crippen LogP contribution in [-0.4, -0.2) is 22.9 Å². The van der Waals surface area contributed by atoms with Gasteiger partial charge in [-0.2, -0.15) is 5.10 Å². The van der Waals surface area contributed by atoms with Crippen LogP contribution in [0.4, 0.5) is 0 Å². The molecule has 0 radical (unpaired) electrons. The highest BCUT2D eigenvalue weighted by atomic mass is 15.3. The molecule has 0 saturated carbocycles. The van der Waals surface area contributed by atoms with Crippen molar-refractivity contribution >= 4 is 0 Å². The normalized spacial score (nSPS) is 15.4. The lowest BCUT2D eigenvalue weighted by molar-refractivity contribution is 0.434. The number of aromatic nitrogens is 2. The van der Waals surface area contributed by atoms with E-state index in [2.05, 4.69) is 37.3 Å². The van der Waals surface area contributed by atoms with Crippen LogP contribution in [0.3, 0.4) is 0 Å². The number of rotatable bonds is 5. The molecule has 0 spiro atoms. The fourth-order valence-electron chi connectivity index (χ4n) is 1.67.